The lowest BCUT2D eigenvalue weighted by Crippen LogP contribution is -2.40. The van der Waals surface area contributed by atoms with Gasteiger partial charge in [-0.05, 0) is 50.2 Å². The standard InChI is InChI=1S/C23H28N4O4S/c28-18-8-2-1-6-14(18)16-11-17(27-26-16)21(29)25-23-20(15-7-3-9-19(15)32-23)22(30)24-12-13-5-4-10-31-13/h1-2,6,8,13,16-17,26-28H,3-5,7,9-12H2,(H,24,30)(H,25,29). The van der Waals surface area contributed by atoms with E-state index < -0.39 is 6.04 Å². The number of nitrogens with one attached hydrogen (secondary N) is 4. The molecule has 2 aromatic rings. The van der Waals surface area contributed by atoms with Crippen LogP contribution in [0.3, 0.4) is 0 Å². The van der Waals surface area contributed by atoms with Gasteiger partial charge in [-0.25, -0.2) is 10.9 Å². The fraction of sp³-hybridized carbons (Fsp3) is 0.478. The third-order valence-electron chi connectivity index (χ3n) is 6.43. The first-order valence-electron chi connectivity index (χ1n) is 11.2. The van der Waals surface area contributed by atoms with Crippen LogP contribution in [0.2, 0.25) is 0 Å². The van der Waals surface area contributed by atoms with Crippen LogP contribution in [0.1, 0.15) is 58.1 Å². The topological polar surface area (TPSA) is 112 Å². The van der Waals surface area contributed by atoms with Gasteiger partial charge in [0.1, 0.15) is 16.8 Å². The summed E-state index contributed by atoms with van der Waals surface area (Å²) >= 11 is 1.51. The van der Waals surface area contributed by atoms with E-state index in [1.807, 2.05) is 12.1 Å². The Morgan fingerprint density at radius 1 is 1.19 bits per heavy atom. The van der Waals surface area contributed by atoms with Crippen LogP contribution in [0.25, 0.3) is 0 Å². The van der Waals surface area contributed by atoms with Crippen molar-refractivity contribution in [3.8, 4) is 5.75 Å². The smallest absolute Gasteiger partial charge is 0.254 e. The molecule has 9 heteroatoms. The normalized spacial score (nSPS) is 24.4. The van der Waals surface area contributed by atoms with Crippen LogP contribution in [0.15, 0.2) is 24.3 Å². The maximum atomic E-state index is 13.1. The number of hydrazine groups is 1. The largest absolute Gasteiger partial charge is 0.508 e. The molecule has 2 amide bonds. The molecule has 5 N–H and O–H groups in total. The lowest BCUT2D eigenvalue weighted by atomic mass is 10.0. The van der Waals surface area contributed by atoms with Crippen LogP contribution in [-0.2, 0) is 22.4 Å². The summed E-state index contributed by atoms with van der Waals surface area (Å²) < 4.78 is 5.62. The highest BCUT2D eigenvalue weighted by Crippen LogP contribution is 2.39. The average Bonchev–Trinajstić information content (AvgIpc) is 3.57. The number of amides is 2. The molecule has 0 spiro atoms. The van der Waals surface area contributed by atoms with Crippen molar-refractivity contribution in [2.75, 3.05) is 18.5 Å². The fourth-order valence-electron chi connectivity index (χ4n) is 4.75. The number of phenolic OH excluding ortho intramolecular Hbond substituents is 1. The first-order chi connectivity index (χ1) is 15.6. The minimum atomic E-state index is -0.473. The number of aryl methyl sites for hydroxylation is 1. The molecule has 1 aliphatic carbocycles. The van der Waals surface area contributed by atoms with E-state index in [0.29, 0.717) is 23.5 Å². The predicted molar refractivity (Wildman–Crippen MR) is 122 cm³/mol. The molecule has 1 aromatic heterocycles. The maximum absolute atomic E-state index is 13.1. The van der Waals surface area contributed by atoms with Crippen molar-refractivity contribution in [1.82, 2.24) is 16.2 Å². The van der Waals surface area contributed by atoms with E-state index in [9.17, 15) is 14.7 Å². The van der Waals surface area contributed by atoms with Gasteiger partial charge in [0.2, 0.25) is 5.91 Å². The fourth-order valence-corrected chi connectivity index (χ4v) is 6.04. The number of fused-ring (bicyclic) bond motifs is 1. The zero-order chi connectivity index (χ0) is 22.1. The molecule has 3 atom stereocenters. The van der Waals surface area contributed by atoms with Crippen molar-refractivity contribution in [3.05, 3.63) is 45.8 Å². The Bertz CT molecular complexity index is 1020. The van der Waals surface area contributed by atoms with E-state index in [0.717, 1.165) is 49.8 Å². The number of anilines is 1. The van der Waals surface area contributed by atoms with Gasteiger partial charge in [-0.15, -0.1) is 11.3 Å². The van der Waals surface area contributed by atoms with Crippen LogP contribution >= 0.6 is 11.3 Å². The Morgan fingerprint density at radius 2 is 2.06 bits per heavy atom. The second-order valence-corrected chi connectivity index (χ2v) is 9.69. The third-order valence-corrected chi connectivity index (χ3v) is 7.64. The van der Waals surface area contributed by atoms with Crippen molar-refractivity contribution >= 4 is 28.2 Å². The molecule has 2 fully saturated rings. The SMILES string of the molecule is O=C(NCC1CCCO1)c1c(NC(=O)C2CC(c3ccccc3O)NN2)sc2c1CCC2. The molecule has 0 saturated carbocycles. The van der Waals surface area contributed by atoms with Gasteiger partial charge >= 0.3 is 0 Å². The van der Waals surface area contributed by atoms with Gasteiger partial charge in [0.05, 0.1) is 17.7 Å². The minimum Gasteiger partial charge on any atom is -0.508 e. The van der Waals surface area contributed by atoms with Crippen molar-refractivity contribution in [2.45, 2.75) is 56.7 Å². The van der Waals surface area contributed by atoms with Crippen LogP contribution < -0.4 is 21.5 Å². The van der Waals surface area contributed by atoms with E-state index in [2.05, 4.69) is 21.5 Å². The van der Waals surface area contributed by atoms with Crippen molar-refractivity contribution in [1.29, 1.82) is 0 Å². The zero-order valence-corrected chi connectivity index (χ0v) is 18.6. The molecule has 3 unspecified atom stereocenters. The monoisotopic (exact) mass is 456 g/mol. The number of para-hydroxylation sites is 1. The first-order valence-corrected chi connectivity index (χ1v) is 12.1. The predicted octanol–water partition coefficient (Wildman–Crippen LogP) is 2.40. The highest BCUT2D eigenvalue weighted by molar-refractivity contribution is 7.17. The van der Waals surface area contributed by atoms with Crippen molar-refractivity contribution in [3.63, 3.8) is 0 Å². The van der Waals surface area contributed by atoms with E-state index in [1.54, 1.807) is 12.1 Å². The van der Waals surface area contributed by atoms with Crippen molar-refractivity contribution < 1.29 is 19.4 Å². The lowest BCUT2D eigenvalue weighted by Gasteiger charge is -2.14. The molecule has 2 saturated heterocycles. The molecule has 8 nitrogen and oxygen atoms in total. The van der Waals surface area contributed by atoms with E-state index >= 15 is 0 Å². The molecule has 3 heterocycles. The Morgan fingerprint density at radius 3 is 2.88 bits per heavy atom. The first kappa shape index (κ1) is 21.4. The third kappa shape index (κ3) is 4.25. The summed E-state index contributed by atoms with van der Waals surface area (Å²) in [5, 5.41) is 16.7. The highest BCUT2D eigenvalue weighted by atomic mass is 32.1. The minimum absolute atomic E-state index is 0.0729. The van der Waals surface area contributed by atoms with Gasteiger partial charge in [-0.2, -0.15) is 0 Å². The Kier molecular flexibility index (Phi) is 6.14. The highest BCUT2D eigenvalue weighted by Gasteiger charge is 2.34. The summed E-state index contributed by atoms with van der Waals surface area (Å²) in [6, 6.07) is 6.47. The number of ether oxygens (including phenoxy) is 1. The number of thiophene rings is 1. The number of hydrogen-bond acceptors (Lipinski definition) is 7. The van der Waals surface area contributed by atoms with Crippen LogP contribution in [0, 0.1) is 0 Å². The zero-order valence-electron chi connectivity index (χ0n) is 17.8. The second-order valence-electron chi connectivity index (χ2n) is 8.58. The van der Waals surface area contributed by atoms with Crippen LogP contribution in [0.5, 0.6) is 5.75 Å². The summed E-state index contributed by atoms with van der Waals surface area (Å²) in [5.41, 5.74) is 8.55. The molecule has 32 heavy (non-hydrogen) atoms. The number of aromatic hydroxyl groups is 1. The molecule has 2 aliphatic heterocycles. The molecular formula is C23H28N4O4S. The van der Waals surface area contributed by atoms with Crippen molar-refractivity contribution in [2.24, 2.45) is 0 Å². The number of benzene rings is 1. The van der Waals surface area contributed by atoms with Gasteiger partial charge in [0, 0.05) is 23.6 Å². The van der Waals surface area contributed by atoms with Crippen LogP contribution in [-0.4, -0.2) is 42.2 Å². The van der Waals surface area contributed by atoms with Gasteiger partial charge in [-0.1, -0.05) is 18.2 Å². The Hall–Kier alpha value is -2.46. The number of hydrogen-bond donors (Lipinski definition) is 5. The average molecular weight is 457 g/mol. The lowest BCUT2D eigenvalue weighted by molar-refractivity contribution is -0.117. The Balaban J connectivity index is 1.27. The summed E-state index contributed by atoms with van der Waals surface area (Å²) in [7, 11) is 0. The van der Waals surface area contributed by atoms with Crippen LogP contribution in [0.4, 0.5) is 5.00 Å². The summed E-state index contributed by atoms with van der Waals surface area (Å²) in [5.74, 6) is -0.129. The number of carbonyl (C=O) groups is 2. The quantitative estimate of drug-likeness (QED) is 0.456. The summed E-state index contributed by atoms with van der Waals surface area (Å²) in [4.78, 5) is 27.3. The molecule has 170 valence electrons. The Labute approximate surface area is 190 Å². The van der Waals surface area contributed by atoms with E-state index in [1.165, 1.54) is 16.2 Å². The van der Waals surface area contributed by atoms with Gasteiger partial charge in [-0.3, -0.25) is 9.59 Å². The number of carbonyl (C=O) groups excluding carboxylic acids is 2. The van der Waals surface area contributed by atoms with E-state index in [4.69, 9.17) is 4.74 Å². The maximum Gasteiger partial charge on any atom is 0.254 e. The number of rotatable bonds is 6. The molecule has 1 aromatic carbocycles. The molecule has 3 aliphatic rings. The second kappa shape index (κ2) is 9.19. The van der Waals surface area contributed by atoms with Gasteiger partial charge < -0.3 is 20.5 Å². The summed E-state index contributed by atoms with van der Waals surface area (Å²) in [6.07, 6.45) is 5.41. The van der Waals surface area contributed by atoms with E-state index in [-0.39, 0.29) is 29.7 Å². The molecular weight excluding hydrogens is 428 g/mol. The van der Waals surface area contributed by atoms with Gasteiger partial charge in [0.25, 0.3) is 5.91 Å². The molecule has 5 rings (SSSR count). The summed E-state index contributed by atoms with van der Waals surface area (Å²) in [6.45, 7) is 1.24. The van der Waals surface area contributed by atoms with Gasteiger partial charge in [0.15, 0.2) is 0 Å². The molecule has 0 bridgehead atoms. The number of phenols is 1. The molecule has 0 radical (unpaired) electrons.